The van der Waals surface area contributed by atoms with Gasteiger partial charge in [0.05, 0.1) is 13.2 Å². The molecule has 2 aliphatic rings. The molecule has 1 amide bonds. The fourth-order valence-electron chi connectivity index (χ4n) is 2.98. The van der Waals surface area contributed by atoms with E-state index in [-0.39, 0.29) is 12.0 Å². The fraction of sp³-hybridized carbons (Fsp3) is 0.579. The van der Waals surface area contributed by atoms with Crippen molar-refractivity contribution < 1.29 is 19.1 Å². The molecule has 25 heavy (non-hydrogen) atoms. The van der Waals surface area contributed by atoms with Crippen molar-refractivity contribution in [1.29, 1.82) is 0 Å². The van der Waals surface area contributed by atoms with Gasteiger partial charge in [-0.2, -0.15) is 0 Å². The van der Waals surface area contributed by atoms with Crippen LogP contribution in [0.25, 0.3) is 0 Å². The molecule has 1 N–H and O–H groups in total. The fourth-order valence-corrected chi connectivity index (χ4v) is 2.98. The average Bonchev–Trinajstić information content (AvgIpc) is 3.32. The Morgan fingerprint density at radius 3 is 3.00 bits per heavy atom. The highest BCUT2D eigenvalue weighted by molar-refractivity contribution is 6.39. The Balaban J connectivity index is 1.25. The van der Waals surface area contributed by atoms with Crippen LogP contribution >= 0.6 is 0 Å². The van der Waals surface area contributed by atoms with Crippen molar-refractivity contribution in [3.8, 4) is 0 Å². The molecule has 2 heterocycles. The van der Waals surface area contributed by atoms with E-state index in [4.69, 9.17) is 14.3 Å². The maximum atomic E-state index is 12.1. The summed E-state index contributed by atoms with van der Waals surface area (Å²) in [7, 11) is 0. The number of hydrogen-bond acceptors (Lipinski definition) is 5. The number of carbonyl (C=O) groups excluding carboxylic acids is 1. The van der Waals surface area contributed by atoms with Gasteiger partial charge in [-0.05, 0) is 24.8 Å². The normalized spacial score (nSPS) is 22.5. The summed E-state index contributed by atoms with van der Waals surface area (Å²) < 4.78 is 11.0. The molecule has 0 bridgehead atoms. The van der Waals surface area contributed by atoms with E-state index in [9.17, 15) is 4.79 Å². The Bertz CT molecular complexity index is 570. The summed E-state index contributed by atoms with van der Waals surface area (Å²) >= 11 is 0. The summed E-state index contributed by atoms with van der Waals surface area (Å²) in [6.07, 6.45) is 3.30. The summed E-state index contributed by atoms with van der Waals surface area (Å²) in [6.45, 7) is 3.48. The maximum absolute atomic E-state index is 12.1. The number of ether oxygens (including phenoxy) is 2. The lowest BCUT2D eigenvalue weighted by Gasteiger charge is -2.09. The number of benzene rings is 1. The van der Waals surface area contributed by atoms with Crippen molar-refractivity contribution in [1.82, 2.24) is 5.32 Å². The Hall–Kier alpha value is -1.92. The molecule has 0 aromatic heterocycles. The standard InChI is InChI=1S/C19H26N2O4/c22-19(20-12-16-8-10-24-14-16)18-11-17(25-21-18)7-4-9-23-13-15-5-2-1-3-6-15/h1-3,5-6,16-17H,4,7-14H2,(H,20,22). The Morgan fingerprint density at radius 2 is 2.20 bits per heavy atom. The molecule has 1 saturated heterocycles. The van der Waals surface area contributed by atoms with Gasteiger partial charge in [0.15, 0.2) is 0 Å². The summed E-state index contributed by atoms with van der Waals surface area (Å²) in [6, 6.07) is 10.1. The molecule has 3 rings (SSSR count). The number of amides is 1. The number of nitrogens with zero attached hydrogens (tertiary/aromatic N) is 1. The Morgan fingerprint density at radius 1 is 1.32 bits per heavy atom. The van der Waals surface area contributed by atoms with Gasteiger partial charge in [-0.15, -0.1) is 0 Å². The smallest absolute Gasteiger partial charge is 0.269 e. The first-order chi connectivity index (χ1) is 12.3. The number of nitrogens with one attached hydrogen (secondary N) is 1. The highest BCUT2D eigenvalue weighted by Crippen LogP contribution is 2.16. The maximum Gasteiger partial charge on any atom is 0.269 e. The number of oxime groups is 1. The van der Waals surface area contributed by atoms with Crippen molar-refractivity contribution in [3.05, 3.63) is 35.9 Å². The zero-order valence-electron chi connectivity index (χ0n) is 14.5. The highest BCUT2D eigenvalue weighted by atomic mass is 16.6. The van der Waals surface area contributed by atoms with Gasteiger partial charge in [-0.25, -0.2) is 0 Å². The lowest BCUT2D eigenvalue weighted by atomic mass is 10.1. The molecule has 2 atom stereocenters. The third-order valence-electron chi connectivity index (χ3n) is 4.50. The van der Waals surface area contributed by atoms with Crippen molar-refractivity contribution in [2.75, 3.05) is 26.4 Å². The minimum Gasteiger partial charge on any atom is -0.392 e. The van der Waals surface area contributed by atoms with Crippen molar-refractivity contribution in [2.45, 2.75) is 38.4 Å². The molecule has 2 unspecified atom stereocenters. The summed E-state index contributed by atoms with van der Waals surface area (Å²) in [5, 5.41) is 6.87. The number of carbonyl (C=O) groups is 1. The van der Waals surface area contributed by atoms with E-state index in [0.717, 1.165) is 32.5 Å². The molecule has 0 aliphatic carbocycles. The molecule has 1 fully saturated rings. The van der Waals surface area contributed by atoms with E-state index in [2.05, 4.69) is 22.6 Å². The first-order valence-corrected chi connectivity index (χ1v) is 9.01. The molecule has 1 aromatic carbocycles. The molecule has 6 nitrogen and oxygen atoms in total. The van der Waals surface area contributed by atoms with Crippen LogP contribution in [0.2, 0.25) is 0 Å². The predicted molar refractivity (Wildman–Crippen MR) is 94.2 cm³/mol. The molecule has 2 aliphatic heterocycles. The SMILES string of the molecule is O=C(NCC1CCOC1)C1=NOC(CCCOCc2ccccc2)C1. The van der Waals surface area contributed by atoms with Gasteiger partial charge < -0.3 is 19.6 Å². The van der Waals surface area contributed by atoms with Crippen LogP contribution in [0.15, 0.2) is 35.5 Å². The van der Waals surface area contributed by atoms with Crippen LogP contribution in [0.1, 0.15) is 31.2 Å². The van der Waals surface area contributed by atoms with E-state index >= 15 is 0 Å². The Kier molecular flexibility index (Phi) is 6.82. The lowest BCUT2D eigenvalue weighted by molar-refractivity contribution is -0.115. The minimum absolute atomic E-state index is 0.0177. The van der Waals surface area contributed by atoms with Crippen LogP contribution < -0.4 is 5.32 Å². The largest absolute Gasteiger partial charge is 0.392 e. The zero-order chi connectivity index (χ0) is 17.3. The molecular weight excluding hydrogens is 320 g/mol. The van der Waals surface area contributed by atoms with Gasteiger partial charge in [0.1, 0.15) is 11.8 Å². The molecule has 136 valence electrons. The topological polar surface area (TPSA) is 69.2 Å². The third-order valence-corrected chi connectivity index (χ3v) is 4.50. The number of rotatable bonds is 9. The molecule has 0 saturated carbocycles. The van der Waals surface area contributed by atoms with Crippen molar-refractivity contribution in [2.24, 2.45) is 11.1 Å². The second-order valence-corrected chi connectivity index (χ2v) is 6.59. The van der Waals surface area contributed by atoms with Crippen LogP contribution in [-0.4, -0.2) is 44.1 Å². The molecule has 1 aromatic rings. The van der Waals surface area contributed by atoms with Gasteiger partial charge in [-0.3, -0.25) is 4.79 Å². The third kappa shape index (κ3) is 5.83. The first-order valence-electron chi connectivity index (χ1n) is 9.01. The van der Waals surface area contributed by atoms with Crippen LogP contribution in [0, 0.1) is 5.92 Å². The molecule has 6 heteroatoms. The molecular formula is C19H26N2O4. The molecule has 0 radical (unpaired) electrons. The van der Waals surface area contributed by atoms with Crippen LogP contribution in [-0.2, 0) is 25.7 Å². The second-order valence-electron chi connectivity index (χ2n) is 6.59. The summed E-state index contributed by atoms with van der Waals surface area (Å²) in [5.41, 5.74) is 1.67. The number of hydrogen-bond donors (Lipinski definition) is 1. The minimum atomic E-state index is -0.116. The van der Waals surface area contributed by atoms with Crippen LogP contribution in [0.4, 0.5) is 0 Å². The van der Waals surface area contributed by atoms with Gasteiger partial charge in [0.25, 0.3) is 5.91 Å². The highest BCUT2D eigenvalue weighted by Gasteiger charge is 2.26. The van der Waals surface area contributed by atoms with Gasteiger partial charge >= 0.3 is 0 Å². The van der Waals surface area contributed by atoms with E-state index in [1.807, 2.05) is 18.2 Å². The first kappa shape index (κ1) is 17.9. The summed E-state index contributed by atoms with van der Waals surface area (Å²) in [4.78, 5) is 17.5. The van der Waals surface area contributed by atoms with Crippen LogP contribution in [0.3, 0.4) is 0 Å². The lowest BCUT2D eigenvalue weighted by Crippen LogP contribution is -2.34. The zero-order valence-corrected chi connectivity index (χ0v) is 14.5. The van der Waals surface area contributed by atoms with E-state index in [0.29, 0.717) is 37.8 Å². The predicted octanol–water partition coefficient (Wildman–Crippen LogP) is 2.28. The monoisotopic (exact) mass is 346 g/mol. The molecule has 0 spiro atoms. The van der Waals surface area contributed by atoms with Gasteiger partial charge in [0, 0.05) is 32.1 Å². The van der Waals surface area contributed by atoms with Crippen LogP contribution in [0.5, 0.6) is 0 Å². The van der Waals surface area contributed by atoms with E-state index in [1.165, 1.54) is 5.56 Å². The van der Waals surface area contributed by atoms with E-state index < -0.39 is 0 Å². The van der Waals surface area contributed by atoms with Crippen molar-refractivity contribution >= 4 is 11.6 Å². The van der Waals surface area contributed by atoms with Crippen molar-refractivity contribution in [3.63, 3.8) is 0 Å². The average molecular weight is 346 g/mol. The quantitative estimate of drug-likeness (QED) is 0.697. The van der Waals surface area contributed by atoms with Gasteiger partial charge in [-0.1, -0.05) is 35.5 Å². The van der Waals surface area contributed by atoms with Gasteiger partial charge in [0.2, 0.25) is 0 Å². The van der Waals surface area contributed by atoms with E-state index in [1.54, 1.807) is 0 Å². The Labute approximate surface area is 148 Å². The summed E-state index contributed by atoms with van der Waals surface area (Å²) in [5.74, 6) is 0.305. The second kappa shape index (κ2) is 9.53.